The summed E-state index contributed by atoms with van der Waals surface area (Å²) in [5, 5.41) is 0. The topological polar surface area (TPSA) is 17.1 Å². The Kier molecular flexibility index (Phi) is 5.90. The lowest BCUT2D eigenvalue weighted by Gasteiger charge is -2.19. The molecule has 2 unspecified atom stereocenters. The van der Waals surface area contributed by atoms with Crippen molar-refractivity contribution in [1.82, 2.24) is 0 Å². The number of carbonyl (C=O) groups is 1. The predicted molar refractivity (Wildman–Crippen MR) is 116 cm³/mol. The van der Waals surface area contributed by atoms with Gasteiger partial charge in [0.25, 0.3) is 0 Å². The molecular weight excluding hydrogens is 340 g/mol. The first-order chi connectivity index (χ1) is 13.8. The molecule has 0 amide bonds. The van der Waals surface area contributed by atoms with Crippen LogP contribution >= 0.6 is 0 Å². The van der Waals surface area contributed by atoms with E-state index in [4.69, 9.17) is 0 Å². The molecule has 0 fully saturated rings. The van der Waals surface area contributed by atoms with E-state index in [1.807, 2.05) is 0 Å². The van der Waals surface area contributed by atoms with Gasteiger partial charge >= 0.3 is 0 Å². The van der Waals surface area contributed by atoms with Gasteiger partial charge in [0.15, 0.2) is 0 Å². The molecule has 0 saturated carbocycles. The summed E-state index contributed by atoms with van der Waals surface area (Å²) in [4.78, 5) is 12.9. The highest BCUT2D eigenvalue weighted by molar-refractivity contribution is 5.87. The highest BCUT2D eigenvalue weighted by Crippen LogP contribution is 2.38. The van der Waals surface area contributed by atoms with Crippen molar-refractivity contribution in [2.75, 3.05) is 0 Å². The van der Waals surface area contributed by atoms with Crippen molar-refractivity contribution < 1.29 is 4.79 Å². The Balaban J connectivity index is 1.31. The third kappa shape index (κ3) is 4.04. The molecule has 0 N–H and O–H groups in total. The Labute approximate surface area is 169 Å². The number of Topliss-reactive ketones (excluding diaryl/α,β-unsaturated/α-hetero) is 1. The lowest BCUT2D eigenvalue weighted by Crippen LogP contribution is -2.11. The molecule has 2 aliphatic carbocycles. The average Bonchev–Trinajstić information content (AvgIpc) is 3.35. The van der Waals surface area contributed by atoms with Gasteiger partial charge in [-0.1, -0.05) is 84.8 Å². The minimum absolute atomic E-state index is 0.129. The van der Waals surface area contributed by atoms with Crippen LogP contribution < -0.4 is 0 Å². The lowest BCUT2D eigenvalue weighted by atomic mass is 9.85. The maximum atomic E-state index is 12.9. The quantitative estimate of drug-likeness (QED) is 0.512. The second-order valence-electron chi connectivity index (χ2n) is 8.19. The van der Waals surface area contributed by atoms with Gasteiger partial charge in [0.1, 0.15) is 5.78 Å². The molecule has 4 rings (SSSR count). The van der Waals surface area contributed by atoms with E-state index in [-0.39, 0.29) is 5.92 Å². The van der Waals surface area contributed by atoms with Crippen molar-refractivity contribution >= 4 is 5.78 Å². The molecule has 1 heteroatoms. The Bertz CT molecular complexity index is 887. The van der Waals surface area contributed by atoms with Gasteiger partial charge in [-0.05, 0) is 55.2 Å². The molecule has 1 nitrogen and oxygen atoms in total. The maximum Gasteiger partial charge on any atom is 0.140 e. The molecule has 144 valence electrons. The van der Waals surface area contributed by atoms with Gasteiger partial charge in [0, 0.05) is 18.3 Å². The van der Waals surface area contributed by atoms with Gasteiger partial charge in [0.2, 0.25) is 0 Å². The van der Waals surface area contributed by atoms with E-state index in [9.17, 15) is 4.79 Å². The van der Waals surface area contributed by atoms with Crippen LogP contribution in [0.2, 0.25) is 0 Å². The van der Waals surface area contributed by atoms with Gasteiger partial charge < -0.3 is 0 Å². The van der Waals surface area contributed by atoms with Crippen LogP contribution in [0.3, 0.4) is 0 Å². The molecule has 0 bridgehead atoms. The molecule has 2 atom stereocenters. The van der Waals surface area contributed by atoms with E-state index in [0.29, 0.717) is 18.1 Å². The Morgan fingerprint density at radius 2 is 1.61 bits per heavy atom. The maximum absolute atomic E-state index is 12.9. The highest BCUT2D eigenvalue weighted by Gasteiger charge is 2.29. The molecule has 28 heavy (non-hydrogen) atoms. The summed E-state index contributed by atoms with van der Waals surface area (Å²) in [5.74, 6) is 1.09. The largest absolute Gasteiger partial charge is 0.299 e. The number of fused-ring (bicyclic) bond motifs is 1. The van der Waals surface area contributed by atoms with Crippen LogP contribution in [-0.2, 0) is 17.6 Å². The van der Waals surface area contributed by atoms with Crippen molar-refractivity contribution in [3.63, 3.8) is 0 Å². The Morgan fingerprint density at radius 1 is 0.893 bits per heavy atom. The fourth-order valence-electron chi connectivity index (χ4n) is 4.99. The van der Waals surface area contributed by atoms with E-state index in [1.54, 1.807) is 5.57 Å². The number of hydrogen-bond donors (Lipinski definition) is 0. The van der Waals surface area contributed by atoms with Crippen molar-refractivity contribution in [3.05, 3.63) is 94.6 Å². The normalized spacial score (nSPS) is 20.6. The van der Waals surface area contributed by atoms with Gasteiger partial charge in [0.05, 0.1) is 0 Å². The Morgan fingerprint density at radius 3 is 2.39 bits per heavy atom. The minimum Gasteiger partial charge on any atom is -0.299 e. The molecular formula is C27H30O. The summed E-state index contributed by atoms with van der Waals surface area (Å²) in [7, 11) is 0. The zero-order valence-electron chi connectivity index (χ0n) is 16.9. The number of carbonyl (C=O) groups excluding carboxylic acids is 1. The van der Waals surface area contributed by atoms with Gasteiger partial charge in [-0.15, -0.1) is 0 Å². The molecule has 0 aromatic heterocycles. The number of ketones is 1. The lowest BCUT2D eigenvalue weighted by molar-refractivity contribution is -0.120. The van der Waals surface area contributed by atoms with Gasteiger partial charge in [-0.25, -0.2) is 0 Å². The van der Waals surface area contributed by atoms with Crippen LogP contribution in [0.15, 0.2) is 77.9 Å². The zero-order valence-corrected chi connectivity index (χ0v) is 16.9. The molecule has 0 spiro atoms. The first-order valence-corrected chi connectivity index (χ1v) is 10.8. The second kappa shape index (κ2) is 8.73. The summed E-state index contributed by atoms with van der Waals surface area (Å²) in [5.41, 5.74) is 7.06. The third-order valence-corrected chi connectivity index (χ3v) is 6.54. The predicted octanol–water partition coefficient (Wildman–Crippen LogP) is 6.59. The molecule has 0 heterocycles. The first-order valence-electron chi connectivity index (χ1n) is 10.8. The standard InChI is InChI=1S/C27H30O/c1-2-24-22(13-12-20-8-4-3-5-9-20)14-15-23(24)17-19-27(28)26-18-16-21-10-6-7-11-25(21)26/h3-11,14-15,24,26H,2,12-13,16-19H2,1H3. The summed E-state index contributed by atoms with van der Waals surface area (Å²) in [6.07, 6.45) is 11.6. The van der Waals surface area contributed by atoms with Crippen molar-refractivity contribution in [1.29, 1.82) is 0 Å². The number of aryl methyl sites for hydroxylation is 2. The van der Waals surface area contributed by atoms with Crippen LogP contribution in [0.4, 0.5) is 0 Å². The monoisotopic (exact) mass is 370 g/mol. The average molecular weight is 371 g/mol. The van der Waals surface area contributed by atoms with E-state index in [2.05, 4.69) is 73.7 Å². The fraction of sp³-hybridized carbons (Fsp3) is 0.370. The van der Waals surface area contributed by atoms with Gasteiger partial charge in [-0.3, -0.25) is 4.79 Å². The number of hydrogen-bond acceptors (Lipinski definition) is 1. The van der Waals surface area contributed by atoms with E-state index in [0.717, 1.165) is 38.5 Å². The molecule has 2 aromatic carbocycles. The zero-order chi connectivity index (χ0) is 19.3. The van der Waals surface area contributed by atoms with E-state index in [1.165, 1.54) is 22.3 Å². The highest BCUT2D eigenvalue weighted by atomic mass is 16.1. The second-order valence-corrected chi connectivity index (χ2v) is 8.19. The van der Waals surface area contributed by atoms with Crippen molar-refractivity contribution in [3.8, 4) is 0 Å². The summed E-state index contributed by atoms with van der Waals surface area (Å²) in [6, 6.07) is 19.2. The van der Waals surface area contributed by atoms with Gasteiger partial charge in [-0.2, -0.15) is 0 Å². The minimum atomic E-state index is 0.129. The number of benzene rings is 2. The van der Waals surface area contributed by atoms with Crippen LogP contribution in [-0.4, -0.2) is 5.78 Å². The smallest absolute Gasteiger partial charge is 0.140 e. The van der Waals surface area contributed by atoms with Crippen molar-refractivity contribution in [2.24, 2.45) is 5.92 Å². The molecule has 2 aliphatic rings. The summed E-state index contributed by atoms with van der Waals surface area (Å²) >= 11 is 0. The van der Waals surface area contributed by atoms with Crippen LogP contribution in [0.1, 0.15) is 61.6 Å². The first kappa shape index (κ1) is 18.9. The molecule has 2 aromatic rings. The van der Waals surface area contributed by atoms with E-state index < -0.39 is 0 Å². The van der Waals surface area contributed by atoms with E-state index >= 15 is 0 Å². The Hall–Kier alpha value is -2.41. The SMILES string of the molecule is CCC1C(CCC(=O)C2CCc3ccccc32)=CC=C1CCc1ccccc1. The molecule has 0 radical (unpaired) electrons. The van der Waals surface area contributed by atoms with Crippen LogP contribution in [0.25, 0.3) is 0 Å². The summed E-state index contributed by atoms with van der Waals surface area (Å²) in [6.45, 7) is 2.27. The summed E-state index contributed by atoms with van der Waals surface area (Å²) < 4.78 is 0. The van der Waals surface area contributed by atoms with Crippen LogP contribution in [0.5, 0.6) is 0 Å². The van der Waals surface area contributed by atoms with Crippen molar-refractivity contribution in [2.45, 2.75) is 57.8 Å². The number of rotatable bonds is 8. The third-order valence-electron chi connectivity index (χ3n) is 6.54. The fourth-order valence-corrected chi connectivity index (χ4v) is 4.99. The van der Waals surface area contributed by atoms with Crippen LogP contribution in [0, 0.1) is 5.92 Å². The number of allylic oxidation sites excluding steroid dienone is 4. The molecule has 0 saturated heterocycles. The molecule has 0 aliphatic heterocycles.